The normalized spacial score (nSPS) is 13.1. The molecule has 2 aromatic carbocycles. The number of hydrogen-bond acceptors (Lipinski definition) is 6. The van der Waals surface area contributed by atoms with Gasteiger partial charge in [0, 0.05) is 11.3 Å². The summed E-state index contributed by atoms with van der Waals surface area (Å²) < 4.78 is 0. The molecule has 0 spiro atoms. The third-order valence-electron chi connectivity index (χ3n) is 5.62. The van der Waals surface area contributed by atoms with Crippen LogP contribution in [0, 0.1) is 0 Å². The average molecular weight is 521 g/mol. The number of amides is 4. The number of aliphatic hydroxyl groups is 1. The van der Waals surface area contributed by atoms with Crippen LogP contribution in [0.4, 0.5) is 0 Å². The van der Waals surface area contributed by atoms with Crippen LogP contribution in [-0.2, 0) is 25.6 Å². The molecule has 9 nitrogen and oxygen atoms in total. The Kier molecular flexibility index (Phi) is 9.31. The maximum absolute atomic E-state index is 13.2. The maximum atomic E-state index is 13.2. The van der Waals surface area contributed by atoms with Crippen molar-refractivity contribution in [1.29, 1.82) is 0 Å². The van der Waals surface area contributed by atoms with Crippen molar-refractivity contribution >= 4 is 40.5 Å². The molecular weight excluding hydrogens is 492 g/mol. The highest BCUT2D eigenvalue weighted by Gasteiger charge is 2.30. The number of aliphatic hydroxyl groups excluding tert-OH is 1. The second-order valence-corrected chi connectivity index (χ2v) is 9.30. The monoisotopic (exact) mass is 520 g/mol. The third kappa shape index (κ3) is 7.60. The molecule has 0 aliphatic carbocycles. The van der Waals surface area contributed by atoms with Gasteiger partial charge in [0.15, 0.2) is 0 Å². The van der Waals surface area contributed by atoms with Gasteiger partial charge in [-0.2, -0.15) is 0 Å². The summed E-state index contributed by atoms with van der Waals surface area (Å²) in [5.74, 6) is -3.34. The highest BCUT2D eigenvalue weighted by Crippen LogP contribution is 2.23. The number of rotatable bonds is 12. The van der Waals surface area contributed by atoms with Gasteiger partial charge < -0.3 is 27.2 Å². The highest BCUT2D eigenvalue weighted by atomic mass is 32.1. The summed E-state index contributed by atoms with van der Waals surface area (Å²) in [6.07, 6.45) is -2.22. The van der Waals surface area contributed by atoms with Gasteiger partial charge in [0.2, 0.25) is 23.6 Å². The Hall–Kier alpha value is -4.28. The van der Waals surface area contributed by atoms with Crippen molar-refractivity contribution in [1.82, 2.24) is 10.6 Å². The first kappa shape index (κ1) is 27.3. The molecule has 0 saturated carbocycles. The Labute approximate surface area is 218 Å². The van der Waals surface area contributed by atoms with Crippen molar-refractivity contribution in [2.75, 3.05) is 0 Å². The van der Waals surface area contributed by atoms with Gasteiger partial charge in [-0.1, -0.05) is 67.2 Å². The Balaban J connectivity index is 1.75. The summed E-state index contributed by atoms with van der Waals surface area (Å²) in [5, 5.41) is 16.5. The Morgan fingerprint density at radius 3 is 2.08 bits per heavy atom. The van der Waals surface area contributed by atoms with Crippen LogP contribution in [0.3, 0.4) is 0 Å². The van der Waals surface area contributed by atoms with Crippen LogP contribution in [0.1, 0.15) is 16.9 Å². The molecule has 0 radical (unpaired) electrons. The number of carbonyl (C=O) groups is 4. The molecule has 0 aliphatic heterocycles. The van der Waals surface area contributed by atoms with Crippen molar-refractivity contribution in [3.05, 3.63) is 89.1 Å². The summed E-state index contributed by atoms with van der Waals surface area (Å²) in [6.45, 7) is 3.93. The molecular formula is C27H28N4O5S. The lowest BCUT2D eigenvalue weighted by Gasteiger charge is -2.23. The molecule has 0 saturated heterocycles. The lowest BCUT2D eigenvalue weighted by atomic mass is 9.99. The van der Waals surface area contributed by atoms with E-state index >= 15 is 0 Å². The predicted molar refractivity (Wildman–Crippen MR) is 142 cm³/mol. The summed E-state index contributed by atoms with van der Waals surface area (Å²) in [5.41, 5.74) is 13.7. The zero-order valence-electron chi connectivity index (χ0n) is 19.9. The van der Waals surface area contributed by atoms with Crippen molar-refractivity contribution in [3.63, 3.8) is 0 Å². The van der Waals surface area contributed by atoms with Gasteiger partial charge in [-0.05, 0) is 33.7 Å². The first-order chi connectivity index (χ1) is 17.7. The number of carbonyl (C=O) groups excluding carboxylic acids is 4. The highest BCUT2D eigenvalue weighted by molar-refractivity contribution is 7.11. The predicted octanol–water partition coefficient (Wildman–Crippen LogP) is 1.36. The number of nitrogens with one attached hydrogen (secondary N) is 2. The molecule has 0 aliphatic rings. The molecule has 192 valence electrons. The number of hydrogen-bond donors (Lipinski definition) is 5. The molecule has 3 rings (SSSR count). The topological polar surface area (TPSA) is 165 Å². The van der Waals surface area contributed by atoms with E-state index in [1.54, 1.807) is 17.5 Å². The van der Waals surface area contributed by atoms with Crippen LogP contribution in [0.5, 0.6) is 0 Å². The van der Waals surface area contributed by atoms with E-state index in [0.29, 0.717) is 4.88 Å². The Morgan fingerprint density at radius 2 is 1.51 bits per heavy atom. The fourth-order valence-electron chi connectivity index (χ4n) is 3.59. The minimum atomic E-state index is -1.71. The van der Waals surface area contributed by atoms with Gasteiger partial charge in [-0.3, -0.25) is 19.2 Å². The smallest absolute Gasteiger partial charge is 0.247 e. The fourth-order valence-corrected chi connectivity index (χ4v) is 4.32. The van der Waals surface area contributed by atoms with E-state index in [4.69, 9.17) is 11.5 Å². The lowest BCUT2D eigenvalue weighted by molar-refractivity contribution is -0.134. The van der Waals surface area contributed by atoms with Gasteiger partial charge in [0.25, 0.3) is 0 Å². The lowest BCUT2D eigenvalue weighted by Crippen LogP contribution is -2.54. The summed E-state index contributed by atoms with van der Waals surface area (Å²) in [4.78, 5) is 49.6. The molecule has 0 unspecified atom stereocenters. The van der Waals surface area contributed by atoms with Gasteiger partial charge in [-0.25, -0.2) is 0 Å². The molecule has 10 heteroatoms. The van der Waals surface area contributed by atoms with Crippen molar-refractivity contribution in [3.8, 4) is 11.1 Å². The summed E-state index contributed by atoms with van der Waals surface area (Å²) >= 11 is 1.30. The quantitative estimate of drug-likeness (QED) is 0.243. The molecule has 37 heavy (non-hydrogen) atoms. The van der Waals surface area contributed by atoms with Gasteiger partial charge >= 0.3 is 0 Å². The molecule has 0 fully saturated rings. The van der Waals surface area contributed by atoms with Gasteiger partial charge in [-0.15, -0.1) is 11.3 Å². The molecule has 3 atom stereocenters. The molecule has 7 N–H and O–H groups in total. The number of thiophene rings is 1. The second-order valence-electron chi connectivity index (χ2n) is 8.36. The van der Waals surface area contributed by atoms with E-state index < -0.39 is 48.2 Å². The van der Waals surface area contributed by atoms with E-state index in [0.717, 1.165) is 16.7 Å². The first-order valence-electron chi connectivity index (χ1n) is 11.4. The molecule has 3 aromatic rings. The minimum absolute atomic E-state index is 0.128. The molecule has 0 bridgehead atoms. The number of nitrogens with two attached hydrogens (primary N) is 2. The third-order valence-corrected chi connectivity index (χ3v) is 6.57. The Morgan fingerprint density at radius 1 is 0.865 bits per heavy atom. The van der Waals surface area contributed by atoms with E-state index in [-0.39, 0.29) is 12.0 Å². The van der Waals surface area contributed by atoms with E-state index in [1.165, 1.54) is 11.3 Å². The molecule has 1 heterocycles. The maximum Gasteiger partial charge on any atom is 0.247 e. The second kappa shape index (κ2) is 12.6. The molecule has 4 amide bonds. The Bertz CT molecular complexity index is 1260. The minimum Gasteiger partial charge on any atom is -0.383 e. The average Bonchev–Trinajstić information content (AvgIpc) is 3.42. The number of benzene rings is 2. The van der Waals surface area contributed by atoms with Crippen LogP contribution in [0.15, 0.2) is 78.7 Å². The molecule has 1 aromatic heterocycles. The summed E-state index contributed by atoms with van der Waals surface area (Å²) in [6, 6.07) is 18.4. The van der Waals surface area contributed by atoms with Crippen LogP contribution in [-0.4, -0.2) is 46.9 Å². The van der Waals surface area contributed by atoms with Crippen molar-refractivity contribution in [2.45, 2.75) is 31.0 Å². The van der Waals surface area contributed by atoms with Crippen molar-refractivity contribution in [2.24, 2.45) is 11.5 Å². The zero-order valence-corrected chi connectivity index (χ0v) is 20.7. The van der Waals surface area contributed by atoms with Crippen LogP contribution in [0.25, 0.3) is 16.7 Å². The summed E-state index contributed by atoms with van der Waals surface area (Å²) in [7, 11) is 0. The van der Waals surface area contributed by atoms with Crippen LogP contribution >= 0.6 is 11.3 Å². The van der Waals surface area contributed by atoms with Crippen molar-refractivity contribution < 1.29 is 24.3 Å². The standard InChI is InChI=1S/C27H28N4O5S/c1-16(22-8-5-13-37-22)24(31-23(33)15-21(32)26(29)35)27(36)30-20(25(28)34)14-17-9-11-19(12-10-17)18-6-3-2-4-7-18/h2-13,20-21,24,32H,1,14-15H2,(H2,28,34)(H2,29,35)(H,30,36)(H,31,33)/t20-,21-,24+/m1/s1. The van der Waals surface area contributed by atoms with Gasteiger partial charge in [0.05, 0.1) is 6.42 Å². The van der Waals surface area contributed by atoms with E-state index in [1.807, 2.05) is 54.6 Å². The van der Waals surface area contributed by atoms with Gasteiger partial charge in [0.1, 0.15) is 18.2 Å². The largest absolute Gasteiger partial charge is 0.383 e. The fraction of sp³-hybridized carbons (Fsp3) is 0.185. The van der Waals surface area contributed by atoms with Crippen LogP contribution < -0.4 is 22.1 Å². The SMILES string of the molecule is C=C(c1cccs1)[C@H](NC(=O)C[C@@H](O)C(N)=O)C(=O)N[C@H](Cc1ccc(-c2ccccc2)cc1)C(N)=O. The first-order valence-corrected chi connectivity index (χ1v) is 12.3. The number of primary amides is 2. The zero-order chi connectivity index (χ0) is 26.9. The van der Waals surface area contributed by atoms with E-state index in [9.17, 15) is 24.3 Å². The van der Waals surface area contributed by atoms with Crippen LogP contribution in [0.2, 0.25) is 0 Å². The van der Waals surface area contributed by atoms with E-state index in [2.05, 4.69) is 17.2 Å².